The molecule has 25 heavy (non-hydrogen) atoms. The topological polar surface area (TPSA) is 97.9 Å². The molecule has 0 radical (unpaired) electrons. The fourth-order valence-electron chi connectivity index (χ4n) is 2.13. The maximum atomic E-state index is 8.84. The number of para-hydroxylation sites is 1. The molecule has 126 valence electrons. The Hall–Kier alpha value is -3.60. The van der Waals surface area contributed by atoms with Crippen LogP contribution in [0.1, 0.15) is 0 Å². The van der Waals surface area contributed by atoms with Crippen LogP contribution in [0.4, 0.5) is 0 Å². The number of nitriles is 1. The highest BCUT2D eigenvalue weighted by Gasteiger charge is 2.11. The zero-order valence-corrected chi connectivity index (χ0v) is 13.3. The molecule has 0 saturated carbocycles. The Morgan fingerprint density at radius 2 is 1.76 bits per heavy atom. The molecule has 0 bridgehead atoms. The average Bonchev–Trinajstić information content (AvgIpc) is 3.15. The Morgan fingerprint density at radius 3 is 2.44 bits per heavy atom. The molecule has 8 heteroatoms. The molecule has 0 amide bonds. The van der Waals surface area contributed by atoms with Gasteiger partial charge in [-0.1, -0.05) is 18.2 Å². The van der Waals surface area contributed by atoms with Gasteiger partial charge in [0.1, 0.15) is 23.9 Å². The summed E-state index contributed by atoms with van der Waals surface area (Å²) in [7, 11) is 0. The Kier molecular flexibility index (Phi) is 5.40. The Labute approximate surface area is 144 Å². The van der Waals surface area contributed by atoms with Crippen LogP contribution in [0.2, 0.25) is 0 Å². The van der Waals surface area contributed by atoms with E-state index in [1.54, 1.807) is 0 Å². The third-order valence-corrected chi connectivity index (χ3v) is 3.30. The van der Waals surface area contributed by atoms with Gasteiger partial charge in [0, 0.05) is 0 Å². The van der Waals surface area contributed by atoms with Gasteiger partial charge >= 0.3 is 0 Å². The van der Waals surface area contributed by atoms with E-state index in [2.05, 4.69) is 20.7 Å². The molecule has 1 N–H and O–H groups in total. The molecule has 8 nitrogen and oxygen atoms in total. The highest BCUT2D eigenvalue weighted by molar-refractivity contribution is 5.35. The van der Waals surface area contributed by atoms with Gasteiger partial charge in [0.2, 0.25) is 0 Å². The summed E-state index contributed by atoms with van der Waals surface area (Å²) in [5.74, 6) is 2.17. The van der Waals surface area contributed by atoms with Crippen LogP contribution in [-0.2, 0) is 6.54 Å². The quantitative estimate of drug-likeness (QED) is 0.496. The minimum absolute atomic E-state index is 0.264. The number of rotatable bonds is 8. The number of hydrogen-bond donors (Lipinski definition) is 1. The smallest absolute Gasteiger partial charge is 0.176 e. The van der Waals surface area contributed by atoms with Crippen molar-refractivity contribution in [3.8, 4) is 23.4 Å². The van der Waals surface area contributed by atoms with Crippen molar-refractivity contribution in [2.45, 2.75) is 12.6 Å². The molecule has 1 atom stereocenters. The van der Waals surface area contributed by atoms with Crippen molar-refractivity contribution < 1.29 is 9.47 Å². The van der Waals surface area contributed by atoms with Crippen LogP contribution < -0.4 is 14.8 Å². The van der Waals surface area contributed by atoms with E-state index in [-0.39, 0.29) is 12.6 Å². The highest BCUT2D eigenvalue weighted by Crippen LogP contribution is 2.23. The molecule has 2 aromatic carbocycles. The maximum Gasteiger partial charge on any atom is 0.176 e. The lowest BCUT2D eigenvalue weighted by Gasteiger charge is -2.15. The monoisotopic (exact) mass is 336 g/mol. The summed E-state index contributed by atoms with van der Waals surface area (Å²) in [6.07, 6.45) is 3.26. The molecule has 1 aromatic heterocycles. The molecule has 0 aliphatic heterocycles. The third kappa shape index (κ3) is 4.94. The van der Waals surface area contributed by atoms with E-state index < -0.39 is 0 Å². The molecule has 1 heterocycles. The van der Waals surface area contributed by atoms with Gasteiger partial charge in [-0.05, 0) is 41.6 Å². The molecule has 1 unspecified atom stereocenters. The number of ether oxygens (including phenoxy) is 2. The summed E-state index contributed by atoms with van der Waals surface area (Å²) >= 11 is 0. The molecule has 3 aromatic rings. The van der Waals surface area contributed by atoms with Crippen molar-refractivity contribution in [1.29, 1.82) is 5.26 Å². The fourth-order valence-corrected chi connectivity index (χ4v) is 2.13. The van der Waals surface area contributed by atoms with Gasteiger partial charge in [-0.15, -0.1) is 10.2 Å². The largest absolute Gasteiger partial charge is 0.491 e. The SMILES string of the molecule is N#CNC(COc1ccc(Oc2ccccc2)cc1)Cn1ncnn1. The predicted molar refractivity (Wildman–Crippen MR) is 88.8 cm³/mol. The van der Waals surface area contributed by atoms with Crippen molar-refractivity contribution in [3.05, 3.63) is 60.9 Å². The summed E-state index contributed by atoms with van der Waals surface area (Å²) in [5.41, 5.74) is 0. The second-order valence-electron chi connectivity index (χ2n) is 5.14. The molecule has 0 aliphatic rings. The molecule has 3 rings (SSSR count). The molecular formula is C17H16N6O2. The first-order chi connectivity index (χ1) is 12.3. The zero-order valence-electron chi connectivity index (χ0n) is 13.3. The number of tetrazole rings is 1. The van der Waals surface area contributed by atoms with Crippen LogP contribution in [0.25, 0.3) is 0 Å². The first-order valence-electron chi connectivity index (χ1n) is 7.64. The zero-order chi connectivity index (χ0) is 17.3. The number of hydrogen-bond acceptors (Lipinski definition) is 7. The standard InChI is InChI=1S/C17H16N6O2/c18-12-19-14(10-23-21-13-20-22-23)11-24-15-6-8-17(9-7-15)25-16-4-2-1-3-5-16/h1-9,13-14,19H,10-11H2. The Balaban J connectivity index is 1.54. The second kappa shape index (κ2) is 8.31. The minimum Gasteiger partial charge on any atom is -0.491 e. The summed E-state index contributed by atoms with van der Waals surface area (Å²) in [5, 5.41) is 22.8. The summed E-state index contributed by atoms with van der Waals surface area (Å²) in [4.78, 5) is 1.40. The number of nitrogens with zero attached hydrogens (tertiary/aromatic N) is 5. The van der Waals surface area contributed by atoms with Crippen molar-refractivity contribution in [3.63, 3.8) is 0 Å². The molecular weight excluding hydrogens is 320 g/mol. The Bertz CT molecular complexity index is 799. The van der Waals surface area contributed by atoms with Crippen LogP contribution in [0.15, 0.2) is 60.9 Å². The van der Waals surface area contributed by atoms with Crippen LogP contribution >= 0.6 is 0 Å². The number of nitrogens with one attached hydrogen (secondary N) is 1. The molecule has 0 spiro atoms. The van der Waals surface area contributed by atoms with Gasteiger partial charge in [0.25, 0.3) is 0 Å². The summed E-state index contributed by atoms with van der Waals surface area (Å²) in [6.45, 7) is 0.663. The van der Waals surface area contributed by atoms with Crippen LogP contribution in [0.3, 0.4) is 0 Å². The summed E-state index contributed by atoms with van der Waals surface area (Å²) < 4.78 is 11.4. The van der Waals surface area contributed by atoms with E-state index in [1.807, 2.05) is 60.8 Å². The number of aromatic nitrogens is 4. The van der Waals surface area contributed by atoms with Crippen molar-refractivity contribution in [2.75, 3.05) is 6.61 Å². The third-order valence-electron chi connectivity index (χ3n) is 3.30. The summed E-state index contributed by atoms with van der Waals surface area (Å²) in [6, 6.07) is 16.6. The van der Waals surface area contributed by atoms with Gasteiger partial charge in [0.15, 0.2) is 12.5 Å². The predicted octanol–water partition coefficient (Wildman–Crippen LogP) is 1.98. The fraction of sp³-hybridized carbons (Fsp3) is 0.176. The van der Waals surface area contributed by atoms with E-state index in [4.69, 9.17) is 14.7 Å². The average molecular weight is 336 g/mol. The maximum absolute atomic E-state index is 8.84. The van der Waals surface area contributed by atoms with Crippen molar-refractivity contribution in [2.24, 2.45) is 0 Å². The van der Waals surface area contributed by atoms with Crippen LogP contribution in [0.5, 0.6) is 17.2 Å². The van der Waals surface area contributed by atoms with Gasteiger partial charge in [-0.3, -0.25) is 0 Å². The first-order valence-corrected chi connectivity index (χ1v) is 7.64. The van der Waals surface area contributed by atoms with E-state index in [1.165, 1.54) is 11.1 Å². The van der Waals surface area contributed by atoms with Crippen LogP contribution in [-0.4, -0.2) is 32.9 Å². The van der Waals surface area contributed by atoms with Gasteiger partial charge in [-0.2, -0.15) is 10.1 Å². The van der Waals surface area contributed by atoms with E-state index >= 15 is 0 Å². The first kappa shape index (κ1) is 16.3. The lowest BCUT2D eigenvalue weighted by molar-refractivity contribution is 0.251. The molecule has 0 aliphatic carbocycles. The van der Waals surface area contributed by atoms with Gasteiger partial charge in [-0.25, -0.2) is 0 Å². The minimum atomic E-state index is -0.264. The lowest BCUT2D eigenvalue weighted by atomic mass is 10.3. The number of benzene rings is 2. The van der Waals surface area contributed by atoms with Crippen molar-refractivity contribution in [1.82, 2.24) is 25.5 Å². The normalized spacial score (nSPS) is 11.3. The highest BCUT2D eigenvalue weighted by atomic mass is 16.5. The van der Waals surface area contributed by atoms with Crippen LogP contribution in [0, 0.1) is 11.5 Å². The molecule has 0 fully saturated rings. The Morgan fingerprint density at radius 1 is 1.04 bits per heavy atom. The van der Waals surface area contributed by atoms with E-state index in [0.717, 1.165) is 11.5 Å². The van der Waals surface area contributed by atoms with E-state index in [9.17, 15) is 0 Å². The second-order valence-corrected chi connectivity index (χ2v) is 5.14. The lowest BCUT2D eigenvalue weighted by Crippen LogP contribution is -2.36. The van der Waals surface area contributed by atoms with E-state index in [0.29, 0.717) is 12.3 Å². The van der Waals surface area contributed by atoms with Gasteiger partial charge < -0.3 is 14.8 Å². The molecule has 0 saturated heterocycles. The van der Waals surface area contributed by atoms with Gasteiger partial charge in [0.05, 0.1) is 12.6 Å². The van der Waals surface area contributed by atoms with Crippen molar-refractivity contribution >= 4 is 0 Å².